The van der Waals surface area contributed by atoms with Crippen LogP contribution in [0.5, 0.6) is 0 Å². The van der Waals surface area contributed by atoms with Crippen LogP contribution < -0.4 is 0 Å². The molecule has 0 atom stereocenters. The van der Waals surface area contributed by atoms with E-state index in [2.05, 4.69) is 9.78 Å². The second-order valence-corrected chi connectivity index (χ2v) is 0.845. The Morgan fingerprint density at radius 3 is 1.12 bits per heavy atom. The first-order valence-corrected chi connectivity index (χ1v) is 1.67. The van der Waals surface area contributed by atoms with Crippen LogP contribution in [0, 0.1) is 0 Å². The summed E-state index contributed by atoms with van der Waals surface area (Å²) in [5.41, 5.74) is 0. The van der Waals surface area contributed by atoms with Gasteiger partial charge >= 0.3 is 0 Å². The zero-order valence-corrected chi connectivity index (χ0v) is 3.76. The van der Waals surface area contributed by atoms with Gasteiger partial charge in [0.05, 0.1) is 0 Å². The van der Waals surface area contributed by atoms with Gasteiger partial charge in [-0.15, -0.1) is 0 Å². The van der Waals surface area contributed by atoms with Crippen LogP contribution in [-0.4, -0.2) is 33.4 Å². The zero-order chi connectivity index (χ0) is 6.57. The molecule has 6 heteroatoms. The third-order valence-electron chi connectivity index (χ3n) is 0.228. The molecule has 0 aliphatic rings. The van der Waals surface area contributed by atoms with E-state index < -0.39 is 13.0 Å². The van der Waals surface area contributed by atoms with Crippen molar-refractivity contribution in [1.29, 1.82) is 0 Å². The first-order valence-electron chi connectivity index (χ1n) is 1.67. The van der Waals surface area contributed by atoms with Crippen LogP contribution in [0.25, 0.3) is 0 Å². The molecule has 0 radical (unpaired) electrons. The lowest BCUT2D eigenvalue weighted by atomic mass is 11.3. The van der Waals surface area contributed by atoms with Gasteiger partial charge < -0.3 is 20.4 Å². The smallest absolute Gasteiger partial charge is 0.296 e. The van der Waals surface area contributed by atoms with E-state index in [1.807, 2.05) is 0 Å². The first kappa shape index (κ1) is 7.76. The summed E-state index contributed by atoms with van der Waals surface area (Å²) < 4.78 is 0. The highest BCUT2D eigenvalue weighted by Crippen LogP contribution is 1.84. The van der Waals surface area contributed by atoms with E-state index in [1.54, 1.807) is 0 Å². The van der Waals surface area contributed by atoms with Crippen molar-refractivity contribution in [3.05, 3.63) is 0 Å². The van der Waals surface area contributed by atoms with Gasteiger partial charge in [0.25, 0.3) is 13.0 Å². The average molecular weight is 126 g/mol. The topological polar surface area (TPSA) is 99.4 Å². The van der Waals surface area contributed by atoms with Crippen molar-refractivity contribution in [1.82, 2.24) is 0 Å². The summed E-state index contributed by atoms with van der Waals surface area (Å²) in [7, 11) is 0. The van der Waals surface area contributed by atoms with Crippen molar-refractivity contribution in [2.75, 3.05) is 0 Å². The summed E-state index contributed by atoms with van der Waals surface area (Å²) >= 11 is 0. The van der Waals surface area contributed by atoms with Crippen LogP contribution in [0.4, 0.5) is 0 Å². The van der Waals surface area contributed by atoms with Gasteiger partial charge in [-0.05, 0) is 0 Å². The second kappa shape index (κ2) is 3.72. The normalized spacial score (nSPS) is 11.2. The van der Waals surface area contributed by atoms with Crippen LogP contribution in [0.1, 0.15) is 0 Å². The van der Waals surface area contributed by atoms with E-state index in [0.29, 0.717) is 0 Å². The summed E-state index contributed by atoms with van der Waals surface area (Å²) in [6.45, 7) is -4.31. The van der Waals surface area contributed by atoms with Crippen LogP contribution >= 0.6 is 0 Å². The molecule has 0 aliphatic heterocycles. The molecule has 0 aromatic rings. The predicted molar refractivity (Wildman–Crippen MR) is 18.6 cm³/mol. The van der Waals surface area contributed by atoms with E-state index in [-0.39, 0.29) is 0 Å². The largest absolute Gasteiger partial charge is 0.344 e. The highest BCUT2D eigenvalue weighted by molar-refractivity contribution is 3.92. The Bertz CT molecular complexity index is 42.5. The maximum atomic E-state index is 7.79. The third kappa shape index (κ3) is 5.76. The maximum absolute atomic E-state index is 7.79. The molecule has 50 valence electrons. The third-order valence-corrected chi connectivity index (χ3v) is 0.228. The fourth-order valence-electron chi connectivity index (χ4n) is 0.0994. The molecule has 0 fully saturated rings. The predicted octanol–water partition coefficient (Wildman–Crippen LogP) is -2.53. The lowest BCUT2D eigenvalue weighted by molar-refractivity contribution is -0.497. The van der Waals surface area contributed by atoms with Gasteiger partial charge in [0.2, 0.25) is 0 Å². The molecule has 4 N–H and O–H groups in total. The summed E-state index contributed by atoms with van der Waals surface area (Å²) in [4.78, 5) is 6.83. The highest BCUT2D eigenvalue weighted by Gasteiger charge is 2.01. The van der Waals surface area contributed by atoms with Gasteiger partial charge in [-0.25, -0.2) is 0 Å². The van der Waals surface area contributed by atoms with Crippen molar-refractivity contribution in [3.63, 3.8) is 0 Å². The molecule has 0 saturated carbocycles. The van der Waals surface area contributed by atoms with Crippen LogP contribution in [0.15, 0.2) is 0 Å². The average Bonchev–Trinajstić information content (AvgIpc) is 1.61. The minimum atomic E-state index is -2.16. The summed E-state index contributed by atoms with van der Waals surface area (Å²) in [5, 5.41) is 31.1. The lowest BCUT2D eigenvalue weighted by Gasteiger charge is -2.04. The fraction of sp³-hybridized carbons (Fsp3) is 1.00. The second-order valence-electron chi connectivity index (χ2n) is 0.845. The Labute approximate surface area is 44.4 Å². The minimum absolute atomic E-state index is 2.16. The molecule has 0 saturated heterocycles. The Morgan fingerprint density at radius 1 is 0.750 bits per heavy atom. The Kier molecular flexibility index (Phi) is 3.61. The monoisotopic (exact) mass is 126 g/mol. The van der Waals surface area contributed by atoms with Crippen molar-refractivity contribution >= 4 is 0 Å². The van der Waals surface area contributed by atoms with Crippen molar-refractivity contribution in [2.24, 2.45) is 0 Å². The number of aliphatic hydroxyl groups is 4. The number of rotatable bonds is 3. The van der Waals surface area contributed by atoms with Crippen LogP contribution in [0.2, 0.25) is 0 Å². The molecule has 0 bridgehead atoms. The van der Waals surface area contributed by atoms with E-state index in [9.17, 15) is 0 Å². The Hall–Kier alpha value is -0.240. The Morgan fingerprint density at radius 2 is 1.00 bits per heavy atom. The molecule has 0 heterocycles. The summed E-state index contributed by atoms with van der Waals surface area (Å²) in [6.07, 6.45) is 0. The fourth-order valence-corrected chi connectivity index (χ4v) is 0.0994. The molecule has 0 aliphatic carbocycles. The Balaban J connectivity index is 2.93. The molecule has 0 aromatic heterocycles. The molecule has 8 heavy (non-hydrogen) atoms. The molecule has 0 aromatic carbocycles. The van der Waals surface area contributed by atoms with Gasteiger partial charge in [-0.2, -0.15) is 9.78 Å². The summed E-state index contributed by atoms with van der Waals surface area (Å²) in [5.74, 6) is 0. The van der Waals surface area contributed by atoms with E-state index in [4.69, 9.17) is 20.4 Å². The highest BCUT2D eigenvalue weighted by atomic mass is 17.3. The van der Waals surface area contributed by atoms with Gasteiger partial charge in [0, 0.05) is 0 Å². The van der Waals surface area contributed by atoms with Gasteiger partial charge in [-0.3, -0.25) is 0 Å². The first-order chi connectivity index (χ1) is 3.63. The lowest BCUT2D eigenvalue weighted by Crippen LogP contribution is -2.17. The molecular formula is C2H6O6. The standard InChI is InChI=1S/C2H6O6/c3-1(4)7-8-2(5)6/h1-6H. The van der Waals surface area contributed by atoms with Crippen molar-refractivity contribution in [2.45, 2.75) is 13.0 Å². The van der Waals surface area contributed by atoms with E-state index >= 15 is 0 Å². The quantitative estimate of drug-likeness (QED) is 0.189. The van der Waals surface area contributed by atoms with Crippen molar-refractivity contribution in [3.8, 4) is 0 Å². The van der Waals surface area contributed by atoms with Crippen LogP contribution in [0.3, 0.4) is 0 Å². The zero-order valence-electron chi connectivity index (χ0n) is 3.76. The summed E-state index contributed by atoms with van der Waals surface area (Å²) in [6, 6.07) is 0. The van der Waals surface area contributed by atoms with Gasteiger partial charge in [-0.1, -0.05) is 0 Å². The van der Waals surface area contributed by atoms with Gasteiger partial charge in [0.1, 0.15) is 0 Å². The van der Waals surface area contributed by atoms with E-state index in [0.717, 1.165) is 0 Å². The van der Waals surface area contributed by atoms with Crippen molar-refractivity contribution < 1.29 is 30.2 Å². The molecule has 0 amide bonds. The number of hydrogen-bond donors (Lipinski definition) is 4. The maximum Gasteiger partial charge on any atom is 0.296 e. The molecule has 0 spiro atoms. The number of aliphatic hydroxyl groups excluding tert-OH is 2. The molecule has 0 rings (SSSR count). The van der Waals surface area contributed by atoms with E-state index in [1.165, 1.54) is 0 Å². The van der Waals surface area contributed by atoms with Gasteiger partial charge in [0.15, 0.2) is 0 Å². The molecular weight excluding hydrogens is 120 g/mol. The number of hydrogen-bond acceptors (Lipinski definition) is 6. The molecule has 0 unspecified atom stereocenters. The van der Waals surface area contributed by atoms with Crippen LogP contribution in [-0.2, 0) is 9.78 Å². The minimum Gasteiger partial charge on any atom is -0.344 e. The SMILES string of the molecule is OC(O)OOC(O)O. The molecule has 6 nitrogen and oxygen atoms in total.